The van der Waals surface area contributed by atoms with Gasteiger partial charge in [0.2, 0.25) is 0 Å². The van der Waals surface area contributed by atoms with E-state index in [9.17, 15) is 0 Å². The maximum atomic E-state index is 2.46. The summed E-state index contributed by atoms with van der Waals surface area (Å²) in [4.78, 5) is 2.46. The zero-order chi connectivity index (χ0) is 32.7. The third-order valence-corrected chi connectivity index (χ3v) is 11.7. The summed E-state index contributed by atoms with van der Waals surface area (Å²) < 4.78 is 2.66. The van der Waals surface area contributed by atoms with Crippen LogP contribution in [0.4, 0.5) is 17.1 Å². The smallest absolute Gasteiger partial charge is 0.0468 e. The van der Waals surface area contributed by atoms with Crippen molar-refractivity contribution in [3.8, 4) is 22.3 Å². The first kappa shape index (κ1) is 28.3. The van der Waals surface area contributed by atoms with Crippen molar-refractivity contribution in [3.05, 3.63) is 175 Å². The molecule has 0 aliphatic heterocycles. The number of anilines is 3. The van der Waals surface area contributed by atoms with Crippen LogP contribution in [0.25, 0.3) is 64.0 Å². The second kappa shape index (κ2) is 10.7. The quantitative estimate of drug-likeness (QED) is 0.184. The van der Waals surface area contributed by atoms with E-state index in [0.29, 0.717) is 0 Å². The maximum Gasteiger partial charge on any atom is 0.0468 e. The van der Waals surface area contributed by atoms with Gasteiger partial charge in [-0.3, -0.25) is 0 Å². The molecule has 0 unspecified atom stereocenters. The van der Waals surface area contributed by atoms with Crippen molar-refractivity contribution < 1.29 is 0 Å². The van der Waals surface area contributed by atoms with Crippen LogP contribution in [0.1, 0.15) is 25.0 Å². The molecule has 0 fully saturated rings. The molecule has 9 aromatic rings. The van der Waals surface area contributed by atoms with E-state index < -0.39 is 0 Å². The van der Waals surface area contributed by atoms with Crippen LogP contribution in [-0.2, 0) is 5.41 Å². The first-order chi connectivity index (χ1) is 24.0. The molecule has 0 spiro atoms. The zero-order valence-corrected chi connectivity index (χ0v) is 28.3. The van der Waals surface area contributed by atoms with Gasteiger partial charge in [0.25, 0.3) is 0 Å². The SMILES string of the molecule is CC1(C)c2ccccc2-c2ccc(N(c3cccc(-c4ccc5ccccc5c4)c3)c3ccc4ccc5sc6ccccc6c5c4c3)cc21. The Morgan fingerprint density at radius 1 is 0.429 bits per heavy atom. The molecule has 8 aromatic carbocycles. The van der Waals surface area contributed by atoms with E-state index in [1.54, 1.807) is 0 Å². The van der Waals surface area contributed by atoms with Crippen molar-refractivity contribution in [2.24, 2.45) is 0 Å². The van der Waals surface area contributed by atoms with E-state index in [1.165, 1.54) is 75.1 Å². The Balaban J connectivity index is 1.20. The van der Waals surface area contributed by atoms with E-state index in [-0.39, 0.29) is 5.41 Å². The number of fused-ring (bicyclic) bond motifs is 9. The van der Waals surface area contributed by atoms with Gasteiger partial charge < -0.3 is 4.90 Å². The lowest BCUT2D eigenvalue weighted by Crippen LogP contribution is -2.16. The number of nitrogens with zero attached hydrogens (tertiary/aromatic N) is 1. The first-order valence-corrected chi connectivity index (χ1v) is 17.8. The Labute approximate surface area is 290 Å². The summed E-state index contributed by atoms with van der Waals surface area (Å²) in [5.41, 5.74) is 11.2. The van der Waals surface area contributed by atoms with E-state index in [1.807, 2.05) is 11.3 Å². The summed E-state index contributed by atoms with van der Waals surface area (Å²) in [6.07, 6.45) is 0. The molecule has 0 radical (unpaired) electrons. The van der Waals surface area contributed by atoms with E-state index in [0.717, 1.165) is 17.1 Å². The lowest BCUT2D eigenvalue weighted by atomic mass is 9.82. The average molecular weight is 644 g/mol. The molecule has 1 aliphatic rings. The molecular formula is C47H33NS. The van der Waals surface area contributed by atoms with Crippen molar-refractivity contribution in [2.75, 3.05) is 4.90 Å². The predicted molar refractivity (Wildman–Crippen MR) is 212 cm³/mol. The molecule has 0 amide bonds. The number of thiophene rings is 1. The lowest BCUT2D eigenvalue weighted by molar-refractivity contribution is 0.660. The Morgan fingerprint density at radius 3 is 2.06 bits per heavy atom. The highest BCUT2D eigenvalue weighted by Gasteiger charge is 2.35. The van der Waals surface area contributed by atoms with Gasteiger partial charge in [0.15, 0.2) is 0 Å². The Hall–Kier alpha value is -5.70. The molecule has 2 heteroatoms. The standard InChI is InChI=1S/C47H33NS/c1-47(2)42-16-7-5-14-38(42)39-24-23-37(29-43(39)47)48(35-13-9-12-33(27-35)34-19-18-30-10-3-4-11-32(30)26-34)36-22-20-31-21-25-45-46(41(31)28-36)40-15-6-8-17-44(40)49-45/h3-29H,1-2H3. The van der Waals surface area contributed by atoms with Gasteiger partial charge in [0.05, 0.1) is 0 Å². The third kappa shape index (κ3) is 4.38. The van der Waals surface area contributed by atoms with E-state index >= 15 is 0 Å². The van der Waals surface area contributed by atoms with Crippen LogP contribution < -0.4 is 4.90 Å². The second-order valence-corrected chi connectivity index (χ2v) is 14.9. The average Bonchev–Trinajstić information content (AvgIpc) is 3.64. The van der Waals surface area contributed by atoms with Crippen molar-refractivity contribution in [2.45, 2.75) is 19.3 Å². The summed E-state index contributed by atoms with van der Waals surface area (Å²) in [5.74, 6) is 0. The van der Waals surface area contributed by atoms with Gasteiger partial charge in [0, 0.05) is 42.6 Å². The summed E-state index contributed by atoms with van der Waals surface area (Å²) in [7, 11) is 0. The van der Waals surface area contributed by atoms with Gasteiger partial charge >= 0.3 is 0 Å². The summed E-state index contributed by atoms with van der Waals surface area (Å²) in [6, 6.07) is 60.8. The second-order valence-electron chi connectivity index (χ2n) is 13.8. The van der Waals surface area contributed by atoms with Crippen LogP contribution in [0.2, 0.25) is 0 Å². The molecule has 232 valence electrons. The summed E-state index contributed by atoms with van der Waals surface area (Å²) >= 11 is 1.88. The van der Waals surface area contributed by atoms with Crippen LogP contribution >= 0.6 is 11.3 Å². The third-order valence-electron chi connectivity index (χ3n) is 10.6. The minimum Gasteiger partial charge on any atom is -0.310 e. The van der Waals surface area contributed by atoms with Crippen LogP contribution in [0.5, 0.6) is 0 Å². The number of hydrogen-bond acceptors (Lipinski definition) is 2. The highest BCUT2D eigenvalue weighted by Crippen LogP contribution is 2.51. The van der Waals surface area contributed by atoms with Crippen molar-refractivity contribution in [3.63, 3.8) is 0 Å². The van der Waals surface area contributed by atoms with Crippen LogP contribution in [0.3, 0.4) is 0 Å². The molecule has 1 nitrogen and oxygen atoms in total. The number of hydrogen-bond donors (Lipinski definition) is 0. The molecule has 0 bridgehead atoms. The van der Waals surface area contributed by atoms with E-state index in [2.05, 4.69) is 183 Å². The van der Waals surface area contributed by atoms with Gasteiger partial charge in [-0.1, -0.05) is 123 Å². The molecule has 10 rings (SSSR count). The topological polar surface area (TPSA) is 3.24 Å². The van der Waals surface area contributed by atoms with Gasteiger partial charge in [-0.2, -0.15) is 0 Å². The minimum atomic E-state index is -0.0916. The van der Waals surface area contributed by atoms with Crippen molar-refractivity contribution in [1.29, 1.82) is 0 Å². The molecule has 0 N–H and O–H groups in total. The summed E-state index contributed by atoms with van der Waals surface area (Å²) in [5, 5.41) is 7.73. The molecule has 0 atom stereocenters. The number of rotatable bonds is 4. The molecule has 0 saturated carbocycles. The van der Waals surface area contributed by atoms with Gasteiger partial charge in [-0.15, -0.1) is 11.3 Å². The zero-order valence-electron chi connectivity index (χ0n) is 27.4. The van der Waals surface area contributed by atoms with Crippen LogP contribution in [0, 0.1) is 0 Å². The fourth-order valence-corrected chi connectivity index (χ4v) is 9.26. The fourth-order valence-electron chi connectivity index (χ4n) is 8.14. The molecule has 1 aliphatic carbocycles. The van der Waals surface area contributed by atoms with Gasteiger partial charge in [0.1, 0.15) is 0 Å². The molecule has 49 heavy (non-hydrogen) atoms. The minimum absolute atomic E-state index is 0.0916. The molecular weight excluding hydrogens is 611 g/mol. The molecule has 0 saturated heterocycles. The van der Waals surface area contributed by atoms with Crippen molar-refractivity contribution in [1.82, 2.24) is 0 Å². The molecule has 1 aromatic heterocycles. The Bertz CT molecular complexity index is 2770. The highest BCUT2D eigenvalue weighted by molar-refractivity contribution is 7.26. The van der Waals surface area contributed by atoms with Crippen molar-refractivity contribution >= 4 is 70.1 Å². The fraction of sp³-hybridized carbons (Fsp3) is 0.0638. The summed E-state index contributed by atoms with van der Waals surface area (Å²) in [6.45, 7) is 4.72. The maximum absolute atomic E-state index is 2.46. The Kier molecular flexibility index (Phi) is 6.16. The van der Waals surface area contributed by atoms with Gasteiger partial charge in [-0.25, -0.2) is 0 Å². The lowest BCUT2D eigenvalue weighted by Gasteiger charge is -2.29. The monoisotopic (exact) mass is 643 g/mol. The largest absolute Gasteiger partial charge is 0.310 e. The number of benzene rings is 8. The predicted octanol–water partition coefficient (Wildman–Crippen LogP) is 13.8. The van der Waals surface area contributed by atoms with Gasteiger partial charge in [-0.05, 0) is 110 Å². The van der Waals surface area contributed by atoms with Crippen LogP contribution in [-0.4, -0.2) is 0 Å². The molecule has 1 heterocycles. The first-order valence-electron chi connectivity index (χ1n) is 17.0. The van der Waals surface area contributed by atoms with Crippen LogP contribution in [0.15, 0.2) is 164 Å². The normalized spacial score (nSPS) is 13.3. The highest BCUT2D eigenvalue weighted by atomic mass is 32.1. The Morgan fingerprint density at radius 2 is 1.12 bits per heavy atom. The van der Waals surface area contributed by atoms with E-state index in [4.69, 9.17) is 0 Å².